The van der Waals surface area contributed by atoms with E-state index in [0.717, 1.165) is 32.0 Å². The molecule has 1 aromatic carbocycles. The van der Waals surface area contributed by atoms with Crippen molar-refractivity contribution in [1.29, 1.82) is 0 Å². The molecule has 7 heteroatoms. The minimum atomic E-state index is -0.0618. The third kappa shape index (κ3) is 4.75. The van der Waals surface area contributed by atoms with Crippen LogP contribution in [0.3, 0.4) is 0 Å². The minimum absolute atomic E-state index is 0.0618. The summed E-state index contributed by atoms with van der Waals surface area (Å²) in [6, 6.07) is 5.53. The fourth-order valence-electron chi connectivity index (χ4n) is 2.65. The highest BCUT2D eigenvalue weighted by atomic mass is 16.5. The van der Waals surface area contributed by atoms with Gasteiger partial charge in [0, 0.05) is 30.4 Å². The number of nitrogens with two attached hydrogens (primary N) is 1. The van der Waals surface area contributed by atoms with E-state index in [1.165, 1.54) is 0 Å². The molecule has 0 atom stereocenters. The molecule has 1 fully saturated rings. The van der Waals surface area contributed by atoms with Crippen LogP contribution in [-0.4, -0.2) is 63.5 Å². The van der Waals surface area contributed by atoms with E-state index < -0.39 is 0 Å². The largest absolute Gasteiger partial charge is 0.493 e. The molecule has 1 heterocycles. The Labute approximate surface area is 143 Å². The SMILES string of the molecule is COc1ccc(NC(N)=NCC(C)(C)N2CCOCC2)cc1OC. The summed E-state index contributed by atoms with van der Waals surface area (Å²) in [5, 5.41) is 3.09. The average Bonchev–Trinajstić information content (AvgIpc) is 2.60. The van der Waals surface area contributed by atoms with Gasteiger partial charge in [0.2, 0.25) is 0 Å². The second-order valence-corrected chi connectivity index (χ2v) is 6.31. The first-order valence-electron chi connectivity index (χ1n) is 8.08. The third-order valence-electron chi connectivity index (χ3n) is 4.16. The van der Waals surface area contributed by atoms with Crippen molar-refractivity contribution in [1.82, 2.24) is 4.90 Å². The number of rotatable bonds is 6. The van der Waals surface area contributed by atoms with Crippen LogP contribution in [0.4, 0.5) is 5.69 Å². The Hall–Kier alpha value is -1.99. The van der Waals surface area contributed by atoms with Gasteiger partial charge in [-0.1, -0.05) is 0 Å². The van der Waals surface area contributed by atoms with Crippen molar-refractivity contribution >= 4 is 11.6 Å². The molecule has 1 aliphatic rings. The van der Waals surface area contributed by atoms with Gasteiger partial charge in [0.1, 0.15) is 0 Å². The Morgan fingerprint density at radius 1 is 1.25 bits per heavy atom. The Bertz CT molecular complexity index is 569. The van der Waals surface area contributed by atoms with E-state index in [0.29, 0.717) is 24.0 Å². The summed E-state index contributed by atoms with van der Waals surface area (Å²) in [7, 11) is 3.21. The molecule has 0 amide bonds. The molecule has 7 nitrogen and oxygen atoms in total. The molecule has 3 N–H and O–H groups in total. The van der Waals surface area contributed by atoms with E-state index in [9.17, 15) is 0 Å². The molecule has 1 saturated heterocycles. The lowest BCUT2D eigenvalue weighted by molar-refractivity contribution is -0.00680. The number of hydrogen-bond acceptors (Lipinski definition) is 5. The molecule has 134 valence electrons. The van der Waals surface area contributed by atoms with E-state index in [2.05, 4.69) is 29.1 Å². The quantitative estimate of drug-likeness (QED) is 0.606. The number of benzene rings is 1. The van der Waals surface area contributed by atoms with E-state index in [-0.39, 0.29) is 5.54 Å². The van der Waals surface area contributed by atoms with E-state index >= 15 is 0 Å². The number of methoxy groups -OCH3 is 2. The first kappa shape index (κ1) is 18.4. The average molecular weight is 336 g/mol. The summed E-state index contributed by atoms with van der Waals surface area (Å²) in [4.78, 5) is 6.87. The molecule has 1 aliphatic heterocycles. The van der Waals surface area contributed by atoms with Crippen LogP contribution in [0.25, 0.3) is 0 Å². The number of aliphatic imine (C=N–C) groups is 1. The molecule has 2 rings (SSSR count). The Morgan fingerprint density at radius 2 is 1.92 bits per heavy atom. The predicted octanol–water partition coefficient (Wildman–Crippen LogP) is 1.54. The molecule has 24 heavy (non-hydrogen) atoms. The van der Waals surface area contributed by atoms with Crippen molar-refractivity contribution in [3.05, 3.63) is 18.2 Å². The maximum absolute atomic E-state index is 6.03. The molecule has 0 radical (unpaired) electrons. The standard InChI is InChI=1S/C17H28N4O3/c1-17(2,21-7-9-24-10-8-21)12-19-16(18)20-13-5-6-14(22-3)15(11-13)23-4/h5-6,11H,7-10,12H2,1-4H3,(H3,18,19,20). The van der Waals surface area contributed by atoms with Crippen LogP contribution in [-0.2, 0) is 4.74 Å². The number of hydrogen-bond donors (Lipinski definition) is 2. The van der Waals surface area contributed by atoms with Gasteiger partial charge in [-0.3, -0.25) is 9.89 Å². The molecule has 0 spiro atoms. The summed E-state index contributed by atoms with van der Waals surface area (Å²) in [5.74, 6) is 1.69. The van der Waals surface area contributed by atoms with Crippen molar-refractivity contribution in [2.24, 2.45) is 10.7 Å². The second kappa shape index (κ2) is 8.21. The lowest BCUT2D eigenvalue weighted by Gasteiger charge is -2.39. The monoisotopic (exact) mass is 336 g/mol. The maximum Gasteiger partial charge on any atom is 0.193 e. The molecular formula is C17H28N4O3. The van der Waals surface area contributed by atoms with Crippen LogP contribution in [0.1, 0.15) is 13.8 Å². The van der Waals surface area contributed by atoms with Gasteiger partial charge in [-0.15, -0.1) is 0 Å². The fraction of sp³-hybridized carbons (Fsp3) is 0.588. The van der Waals surface area contributed by atoms with Gasteiger partial charge in [-0.05, 0) is 26.0 Å². The van der Waals surface area contributed by atoms with Crippen LogP contribution < -0.4 is 20.5 Å². The van der Waals surface area contributed by atoms with Gasteiger partial charge in [0.05, 0.1) is 34.0 Å². The van der Waals surface area contributed by atoms with Crippen LogP contribution in [0.15, 0.2) is 23.2 Å². The molecular weight excluding hydrogens is 308 g/mol. The molecule has 0 bridgehead atoms. The molecule has 1 aromatic rings. The molecule has 0 aromatic heterocycles. The van der Waals surface area contributed by atoms with E-state index in [1.807, 2.05) is 18.2 Å². The summed E-state index contributed by atoms with van der Waals surface area (Å²) < 4.78 is 15.9. The zero-order chi connectivity index (χ0) is 17.6. The normalized spacial score (nSPS) is 16.8. The van der Waals surface area contributed by atoms with Crippen LogP contribution in [0.2, 0.25) is 0 Å². The molecule has 0 aliphatic carbocycles. The van der Waals surface area contributed by atoms with Crippen molar-refractivity contribution in [2.45, 2.75) is 19.4 Å². The van der Waals surface area contributed by atoms with Gasteiger partial charge in [-0.25, -0.2) is 0 Å². The highest BCUT2D eigenvalue weighted by Gasteiger charge is 2.27. The Balaban J connectivity index is 1.98. The van der Waals surface area contributed by atoms with Crippen LogP contribution in [0.5, 0.6) is 11.5 Å². The first-order valence-corrected chi connectivity index (χ1v) is 8.08. The number of anilines is 1. The van der Waals surface area contributed by atoms with Crippen molar-refractivity contribution < 1.29 is 14.2 Å². The van der Waals surface area contributed by atoms with E-state index in [1.54, 1.807) is 14.2 Å². The van der Waals surface area contributed by atoms with Gasteiger partial charge >= 0.3 is 0 Å². The topological polar surface area (TPSA) is 81.3 Å². The van der Waals surface area contributed by atoms with Crippen molar-refractivity contribution in [3.8, 4) is 11.5 Å². The van der Waals surface area contributed by atoms with Gasteiger partial charge in [0.15, 0.2) is 17.5 Å². The minimum Gasteiger partial charge on any atom is -0.493 e. The summed E-state index contributed by atoms with van der Waals surface area (Å²) in [5.41, 5.74) is 6.77. The lowest BCUT2D eigenvalue weighted by Crippen LogP contribution is -2.51. The van der Waals surface area contributed by atoms with Gasteiger partial charge in [-0.2, -0.15) is 0 Å². The van der Waals surface area contributed by atoms with Crippen molar-refractivity contribution in [3.63, 3.8) is 0 Å². The van der Waals surface area contributed by atoms with E-state index in [4.69, 9.17) is 19.9 Å². The summed E-state index contributed by atoms with van der Waals surface area (Å²) in [6.07, 6.45) is 0. The number of nitrogens with zero attached hydrogens (tertiary/aromatic N) is 2. The third-order valence-corrected chi connectivity index (χ3v) is 4.16. The highest BCUT2D eigenvalue weighted by molar-refractivity contribution is 5.92. The smallest absolute Gasteiger partial charge is 0.193 e. The number of nitrogens with one attached hydrogen (secondary N) is 1. The molecule has 0 saturated carbocycles. The Morgan fingerprint density at radius 3 is 2.54 bits per heavy atom. The zero-order valence-electron chi connectivity index (χ0n) is 15.0. The fourth-order valence-corrected chi connectivity index (χ4v) is 2.65. The summed E-state index contributed by atoms with van der Waals surface area (Å²) in [6.45, 7) is 8.34. The number of guanidine groups is 1. The number of morpholine rings is 1. The lowest BCUT2D eigenvalue weighted by atomic mass is 10.0. The zero-order valence-corrected chi connectivity index (χ0v) is 15.0. The molecule has 0 unspecified atom stereocenters. The van der Waals surface area contributed by atoms with Crippen molar-refractivity contribution in [2.75, 3.05) is 52.4 Å². The van der Waals surface area contributed by atoms with Gasteiger partial charge < -0.3 is 25.3 Å². The Kier molecular flexibility index (Phi) is 6.28. The number of ether oxygens (including phenoxy) is 3. The van der Waals surface area contributed by atoms with Crippen LogP contribution in [0, 0.1) is 0 Å². The predicted molar refractivity (Wildman–Crippen MR) is 96.1 cm³/mol. The highest BCUT2D eigenvalue weighted by Crippen LogP contribution is 2.29. The van der Waals surface area contributed by atoms with Gasteiger partial charge in [0.25, 0.3) is 0 Å². The summed E-state index contributed by atoms with van der Waals surface area (Å²) >= 11 is 0. The second-order valence-electron chi connectivity index (χ2n) is 6.31. The van der Waals surface area contributed by atoms with Crippen LogP contribution >= 0.6 is 0 Å². The maximum atomic E-state index is 6.03. The first-order chi connectivity index (χ1) is 11.5.